The molecule has 1 aromatic heterocycles. The fourth-order valence-electron chi connectivity index (χ4n) is 1.42. The van der Waals surface area contributed by atoms with E-state index in [9.17, 15) is 10.1 Å². The Morgan fingerprint density at radius 1 is 1.30 bits per heavy atom. The minimum absolute atomic E-state index is 0.0167. The minimum atomic E-state index is -0.451. The van der Waals surface area contributed by atoms with Gasteiger partial charge in [-0.3, -0.25) is 10.1 Å². The summed E-state index contributed by atoms with van der Waals surface area (Å²) in [5.74, 6) is 0.264. The number of halogens is 1. The van der Waals surface area contributed by atoms with Gasteiger partial charge in [0.15, 0.2) is 0 Å². The molecule has 8 nitrogen and oxygen atoms in total. The van der Waals surface area contributed by atoms with E-state index in [1.54, 1.807) is 12.1 Å². The predicted molar refractivity (Wildman–Crippen MR) is 71.8 cm³/mol. The number of nitrogens with zero attached hydrogens (tertiary/aromatic N) is 4. The number of aromatic nitrogens is 3. The molecule has 1 heterocycles. The van der Waals surface area contributed by atoms with Crippen LogP contribution in [0.1, 0.15) is 5.56 Å². The zero-order valence-electron chi connectivity index (χ0n) is 10.4. The van der Waals surface area contributed by atoms with Crippen LogP contribution in [0.2, 0.25) is 5.28 Å². The summed E-state index contributed by atoms with van der Waals surface area (Å²) in [6.07, 6.45) is 0. The summed E-state index contributed by atoms with van der Waals surface area (Å²) in [7, 11) is 1.42. The van der Waals surface area contributed by atoms with Crippen LogP contribution >= 0.6 is 11.6 Å². The molecule has 0 aliphatic heterocycles. The second-order valence-corrected chi connectivity index (χ2v) is 4.03. The molecule has 0 fully saturated rings. The number of nitro benzene ring substituents is 1. The topological polar surface area (TPSA) is 103 Å². The van der Waals surface area contributed by atoms with Crippen LogP contribution < -0.4 is 10.1 Å². The molecule has 0 saturated carbocycles. The fourth-order valence-corrected chi connectivity index (χ4v) is 1.57. The van der Waals surface area contributed by atoms with Crippen LogP contribution in [-0.2, 0) is 6.54 Å². The van der Waals surface area contributed by atoms with Crippen LogP contribution in [0.3, 0.4) is 0 Å². The van der Waals surface area contributed by atoms with Gasteiger partial charge in [0, 0.05) is 18.7 Å². The maximum absolute atomic E-state index is 10.5. The third kappa shape index (κ3) is 3.51. The maximum Gasteiger partial charge on any atom is 0.322 e. The van der Waals surface area contributed by atoms with Crippen LogP contribution in [-0.4, -0.2) is 27.0 Å². The van der Waals surface area contributed by atoms with Crippen molar-refractivity contribution < 1.29 is 9.66 Å². The van der Waals surface area contributed by atoms with Gasteiger partial charge in [0.05, 0.1) is 12.0 Å². The van der Waals surface area contributed by atoms with E-state index in [0.717, 1.165) is 5.56 Å². The Hall–Kier alpha value is -2.48. The van der Waals surface area contributed by atoms with Crippen molar-refractivity contribution in [3.05, 3.63) is 45.2 Å². The van der Waals surface area contributed by atoms with E-state index in [1.165, 1.54) is 19.2 Å². The quantitative estimate of drug-likeness (QED) is 0.665. The molecule has 1 N–H and O–H groups in total. The summed E-state index contributed by atoms with van der Waals surface area (Å²) in [5, 5.41) is 13.5. The highest BCUT2D eigenvalue weighted by Crippen LogP contribution is 2.14. The molecule has 0 atom stereocenters. The molecule has 0 unspecified atom stereocenters. The molecule has 0 spiro atoms. The number of nitrogens with one attached hydrogen (secondary N) is 1. The third-order valence-corrected chi connectivity index (χ3v) is 2.54. The summed E-state index contributed by atoms with van der Waals surface area (Å²) in [4.78, 5) is 21.7. The lowest BCUT2D eigenvalue weighted by Crippen LogP contribution is -2.06. The average molecular weight is 296 g/mol. The van der Waals surface area contributed by atoms with E-state index in [1.807, 2.05) is 0 Å². The van der Waals surface area contributed by atoms with Gasteiger partial charge in [-0.25, -0.2) is 0 Å². The van der Waals surface area contributed by atoms with Gasteiger partial charge in [-0.05, 0) is 17.2 Å². The third-order valence-electron chi connectivity index (χ3n) is 2.37. The SMILES string of the molecule is COc1nc(Cl)nc(NCc2ccc([N+](=O)[O-])cc2)n1. The molecule has 0 aliphatic rings. The van der Waals surface area contributed by atoms with Crippen molar-refractivity contribution in [1.82, 2.24) is 15.0 Å². The lowest BCUT2D eigenvalue weighted by molar-refractivity contribution is -0.384. The molecule has 1 aromatic carbocycles. The van der Waals surface area contributed by atoms with Crippen molar-refractivity contribution in [2.45, 2.75) is 6.54 Å². The number of rotatable bonds is 5. The van der Waals surface area contributed by atoms with Gasteiger partial charge in [0.2, 0.25) is 11.2 Å². The van der Waals surface area contributed by atoms with Crippen molar-refractivity contribution in [3.8, 4) is 6.01 Å². The Morgan fingerprint density at radius 3 is 2.60 bits per heavy atom. The molecule has 20 heavy (non-hydrogen) atoms. The van der Waals surface area contributed by atoms with Gasteiger partial charge in [-0.15, -0.1) is 0 Å². The highest BCUT2D eigenvalue weighted by Gasteiger charge is 2.06. The highest BCUT2D eigenvalue weighted by molar-refractivity contribution is 6.28. The molecule has 0 saturated heterocycles. The van der Waals surface area contributed by atoms with Crippen LogP contribution in [0.25, 0.3) is 0 Å². The maximum atomic E-state index is 10.5. The van der Waals surface area contributed by atoms with Crippen molar-refractivity contribution in [3.63, 3.8) is 0 Å². The van der Waals surface area contributed by atoms with Gasteiger partial charge in [-0.2, -0.15) is 15.0 Å². The van der Waals surface area contributed by atoms with E-state index in [0.29, 0.717) is 6.54 Å². The van der Waals surface area contributed by atoms with Crippen LogP contribution in [0, 0.1) is 10.1 Å². The lowest BCUT2D eigenvalue weighted by Gasteiger charge is -2.06. The highest BCUT2D eigenvalue weighted by atomic mass is 35.5. The lowest BCUT2D eigenvalue weighted by atomic mass is 10.2. The number of hydrogen-bond acceptors (Lipinski definition) is 7. The molecule has 0 radical (unpaired) electrons. The Balaban J connectivity index is 2.04. The largest absolute Gasteiger partial charge is 0.467 e. The summed E-state index contributed by atoms with van der Waals surface area (Å²) >= 11 is 5.71. The number of non-ortho nitro benzene ring substituents is 1. The fraction of sp³-hybridized carbons (Fsp3) is 0.182. The van der Waals surface area contributed by atoms with E-state index >= 15 is 0 Å². The van der Waals surface area contributed by atoms with E-state index in [2.05, 4.69) is 20.3 Å². The Kier molecular flexibility index (Phi) is 4.26. The zero-order chi connectivity index (χ0) is 14.5. The number of hydrogen-bond donors (Lipinski definition) is 1. The minimum Gasteiger partial charge on any atom is -0.467 e. The van der Waals surface area contributed by atoms with E-state index in [-0.39, 0.29) is 22.9 Å². The van der Waals surface area contributed by atoms with E-state index in [4.69, 9.17) is 16.3 Å². The van der Waals surface area contributed by atoms with Gasteiger partial charge >= 0.3 is 6.01 Å². The summed E-state index contributed by atoms with van der Waals surface area (Å²) < 4.78 is 4.87. The molecule has 0 aliphatic carbocycles. The number of benzene rings is 1. The zero-order valence-corrected chi connectivity index (χ0v) is 11.2. The number of ether oxygens (including phenoxy) is 1. The van der Waals surface area contributed by atoms with E-state index < -0.39 is 4.92 Å². The summed E-state index contributed by atoms with van der Waals surface area (Å²) in [5.41, 5.74) is 0.879. The van der Waals surface area contributed by atoms with Gasteiger partial charge in [0.25, 0.3) is 5.69 Å². The number of nitro groups is 1. The number of anilines is 1. The molecule has 2 aromatic rings. The van der Waals surface area contributed by atoms with Crippen LogP contribution in [0.5, 0.6) is 6.01 Å². The predicted octanol–water partition coefficient (Wildman–Crippen LogP) is 2.05. The Morgan fingerprint density at radius 2 is 2.00 bits per heavy atom. The molecule has 2 rings (SSSR count). The monoisotopic (exact) mass is 295 g/mol. The molecular weight excluding hydrogens is 286 g/mol. The molecule has 9 heteroatoms. The molecule has 0 amide bonds. The van der Waals surface area contributed by atoms with Gasteiger partial charge in [-0.1, -0.05) is 12.1 Å². The summed E-state index contributed by atoms with van der Waals surface area (Å²) in [6.45, 7) is 0.390. The second kappa shape index (κ2) is 6.11. The Bertz CT molecular complexity index is 620. The number of methoxy groups -OCH3 is 1. The molecule has 0 bridgehead atoms. The first-order valence-corrected chi connectivity index (χ1v) is 5.89. The first kappa shape index (κ1) is 13.9. The van der Waals surface area contributed by atoms with Crippen molar-refractivity contribution >= 4 is 23.2 Å². The Labute approximate surface area is 118 Å². The second-order valence-electron chi connectivity index (χ2n) is 3.69. The van der Waals surface area contributed by atoms with Crippen molar-refractivity contribution in [2.24, 2.45) is 0 Å². The first-order chi connectivity index (χ1) is 9.58. The normalized spacial score (nSPS) is 10.1. The standard InChI is InChI=1S/C11H10ClN5O3/c1-20-11-15-9(12)14-10(16-11)13-6-7-2-4-8(5-3-7)17(18)19/h2-5H,6H2,1H3,(H,13,14,15,16). The average Bonchev–Trinajstić information content (AvgIpc) is 2.45. The summed E-state index contributed by atoms with van der Waals surface area (Å²) in [6, 6.07) is 6.25. The van der Waals surface area contributed by atoms with Crippen LogP contribution in [0.4, 0.5) is 11.6 Å². The molecular formula is C11H10ClN5O3. The van der Waals surface area contributed by atoms with Gasteiger partial charge in [0.1, 0.15) is 0 Å². The van der Waals surface area contributed by atoms with Crippen LogP contribution in [0.15, 0.2) is 24.3 Å². The van der Waals surface area contributed by atoms with Crippen molar-refractivity contribution in [1.29, 1.82) is 0 Å². The van der Waals surface area contributed by atoms with Crippen molar-refractivity contribution in [2.75, 3.05) is 12.4 Å². The molecule has 104 valence electrons. The van der Waals surface area contributed by atoms with Gasteiger partial charge < -0.3 is 10.1 Å². The first-order valence-electron chi connectivity index (χ1n) is 5.51. The smallest absolute Gasteiger partial charge is 0.322 e.